The molecule has 0 saturated carbocycles. The van der Waals surface area contributed by atoms with Gasteiger partial charge in [0.1, 0.15) is 5.82 Å². The number of carbonyl (C=O) groups is 1. The van der Waals surface area contributed by atoms with Gasteiger partial charge in [-0.1, -0.05) is 0 Å². The van der Waals surface area contributed by atoms with Gasteiger partial charge in [0, 0.05) is 68.9 Å². The molecular weight excluding hydrogens is 342 g/mol. The molecule has 3 rings (SSSR count). The summed E-state index contributed by atoms with van der Waals surface area (Å²) in [4.78, 5) is 33.6. The molecule has 1 saturated heterocycles. The predicted octanol–water partition coefficient (Wildman–Crippen LogP) is 1.65. The molecule has 0 aromatic carbocycles. The second-order valence-electron chi connectivity index (χ2n) is 7.41. The van der Waals surface area contributed by atoms with Crippen LogP contribution in [0.2, 0.25) is 0 Å². The van der Waals surface area contributed by atoms with Gasteiger partial charge < -0.3 is 18.9 Å². The van der Waals surface area contributed by atoms with E-state index < -0.39 is 0 Å². The minimum absolute atomic E-state index is 0.0635. The van der Waals surface area contributed by atoms with Crippen molar-refractivity contribution in [3.63, 3.8) is 0 Å². The number of likely N-dealkylation sites (tertiary alicyclic amines) is 1. The van der Waals surface area contributed by atoms with Crippen molar-refractivity contribution in [3.8, 4) is 0 Å². The Morgan fingerprint density at radius 3 is 2.81 bits per heavy atom. The molecule has 0 bridgehead atoms. The van der Waals surface area contributed by atoms with Crippen LogP contribution in [0.25, 0.3) is 0 Å². The van der Waals surface area contributed by atoms with Crippen LogP contribution in [0.1, 0.15) is 41.9 Å². The van der Waals surface area contributed by atoms with E-state index in [2.05, 4.69) is 28.5 Å². The number of nitrogens with zero attached hydrogens (tertiary/aromatic N) is 5. The standard InChI is InChI=1S/C20H29N5O2/c1-4-23-10-7-16(14-18(23)26)20(27)25-9-5-6-17(15-25)19-21-8-11-24(19)13-12-22(2)3/h7-8,10-11,14,17H,4-6,9,12-13,15H2,1-3H3/t17-/m0/s1. The highest BCUT2D eigenvalue weighted by molar-refractivity contribution is 5.94. The van der Waals surface area contributed by atoms with Crippen molar-refractivity contribution >= 4 is 5.91 Å². The average Bonchev–Trinajstić information content (AvgIpc) is 3.14. The van der Waals surface area contributed by atoms with E-state index in [4.69, 9.17) is 0 Å². The van der Waals surface area contributed by atoms with Gasteiger partial charge in [-0.25, -0.2) is 4.98 Å². The number of amides is 1. The lowest BCUT2D eigenvalue weighted by molar-refractivity contribution is 0.0702. The molecule has 0 radical (unpaired) electrons. The normalized spacial score (nSPS) is 17.5. The first-order valence-electron chi connectivity index (χ1n) is 9.65. The van der Waals surface area contributed by atoms with Crippen LogP contribution in [-0.4, -0.2) is 63.6 Å². The molecule has 0 aliphatic carbocycles. The Hall–Kier alpha value is -2.41. The van der Waals surface area contributed by atoms with Crippen molar-refractivity contribution in [1.29, 1.82) is 0 Å². The third-order valence-corrected chi connectivity index (χ3v) is 5.19. The number of aryl methyl sites for hydroxylation is 1. The lowest BCUT2D eigenvalue weighted by atomic mass is 9.96. The Morgan fingerprint density at radius 1 is 1.30 bits per heavy atom. The molecule has 1 aliphatic rings. The quantitative estimate of drug-likeness (QED) is 0.775. The lowest BCUT2D eigenvalue weighted by Gasteiger charge is -2.33. The van der Waals surface area contributed by atoms with Crippen LogP contribution in [-0.2, 0) is 13.1 Å². The van der Waals surface area contributed by atoms with E-state index in [9.17, 15) is 9.59 Å². The largest absolute Gasteiger partial charge is 0.338 e. The number of imidazole rings is 1. The number of carbonyl (C=O) groups excluding carboxylic acids is 1. The molecule has 0 unspecified atom stereocenters. The lowest BCUT2D eigenvalue weighted by Crippen LogP contribution is -2.40. The predicted molar refractivity (Wildman–Crippen MR) is 105 cm³/mol. The molecule has 7 heteroatoms. The van der Waals surface area contributed by atoms with E-state index in [0.29, 0.717) is 18.7 Å². The monoisotopic (exact) mass is 371 g/mol. The van der Waals surface area contributed by atoms with Gasteiger partial charge in [-0.15, -0.1) is 0 Å². The van der Waals surface area contributed by atoms with Crippen LogP contribution < -0.4 is 5.56 Å². The van der Waals surface area contributed by atoms with Crippen LogP contribution in [0, 0.1) is 0 Å². The molecule has 27 heavy (non-hydrogen) atoms. The number of piperidine rings is 1. The van der Waals surface area contributed by atoms with Crippen molar-refractivity contribution in [2.45, 2.75) is 38.8 Å². The van der Waals surface area contributed by atoms with Gasteiger partial charge in [0.2, 0.25) is 0 Å². The Morgan fingerprint density at radius 2 is 2.11 bits per heavy atom. The molecule has 1 amide bonds. The molecule has 146 valence electrons. The number of rotatable bonds is 6. The molecule has 3 heterocycles. The van der Waals surface area contributed by atoms with Crippen molar-refractivity contribution in [1.82, 2.24) is 23.9 Å². The summed E-state index contributed by atoms with van der Waals surface area (Å²) in [6.45, 7) is 5.74. The SMILES string of the molecule is CCn1ccc(C(=O)N2CCC[C@H](c3nccn3CCN(C)C)C2)cc1=O. The summed E-state index contributed by atoms with van der Waals surface area (Å²) < 4.78 is 3.79. The van der Waals surface area contributed by atoms with Crippen molar-refractivity contribution in [3.05, 3.63) is 52.5 Å². The van der Waals surface area contributed by atoms with E-state index in [-0.39, 0.29) is 17.4 Å². The van der Waals surface area contributed by atoms with Crippen molar-refractivity contribution in [2.24, 2.45) is 0 Å². The Bertz CT molecular complexity index is 839. The molecule has 7 nitrogen and oxygen atoms in total. The fourth-order valence-corrected chi connectivity index (χ4v) is 3.63. The molecular formula is C20H29N5O2. The zero-order chi connectivity index (χ0) is 19.4. The van der Waals surface area contributed by atoms with Gasteiger partial charge in [0.05, 0.1) is 0 Å². The van der Waals surface area contributed by atoms with Gasteiger partial charge in [0.25, 0.3) is 11.5 Å². The summed E-state index contributed by atoms with van der Waals surface area (Å²) in [5.74, 6) is 1.22. The second-order valence-corrected chi connectivity index (χ2v) is 7.41. The average molecular weight is 371 g/mol. The highest BCUT2D eigenvalue weighted by Gasteiger charge is 2.28. The zero-order valence-corrected chi connectivity index (χ0v) is 16.5. The van der Waals surface area contributed by atoms with Gasteiger partial charge in [0.15, 0.2) is 0 Å². The summed E-state index contributed by atoms with van der Waals surface area (Å²) in [5.41, 5.74) is 0.345. The summed E-state index contributed by atoms with van der Waals surface area (Å²) in [5, 5.41) is 0. The van der Waals surface area contributed by atoms with Crippen molar-refractivity contribution in [2.75, 3.05) is 33.7 Å². The van der Waals surface area contributed by atoms with Crippen LogP contribution >= 0.6 is 0 Å². The van der Waals surface area contributed by atoms with Crippen LogP contribution in [0.5, 0.6) is 0 Å². The summed E-state index contributed by atoms with van der Waals surface area (Å²) in [7, 11) is 4.12. The van der Waals surface area contributed by atoms with Gasteiger partial charge in [-0.05, 0) is 39.9 Å². The first-order valence-corrected chi connectivity index (χ1v) is 9.65. The fraction of sp³-hybridized carbons (Fsp3) is 0.550. The number of aromatic nitrogens is 3. The smallest absolute Gasteiger partial charge is 0.254 e. The summed E-state index contributed by atoms with van der Waals surface area (Å²) in [6, 6.07) is 3.20. The summed E-state index contributed by atoms with van der Waals surface area (Å²) >= 11 is 0. The van der Waals surface area contributed by atoms with E-state index in [0.717, 1.165) is 38.3 Å². The number of hydrogen-bond acceptors (Lipinski definition) is 4. The highest BCUT2D eigenvalue weighted by atomic mass is 16.2. The maximum atomic E-state index is 12.9. The van der Waals surface area contributed by atoms with E-state index >= 15 is 0 Å². The van der Waals surface area contributed by atoms with E-state index in [1.165, 1.54) is 6.07 Å². The summed E-state index contributed by atoms with van der Waals surface area (Å²) in [6.07, 6.45) is 7.54. The van der Waals surface area contributed by atoms with Crippen LogP contribution in [0.15, 0.2) is 35.5 Å². The van der Waals surface area contributed by atoms with Gasteiger partial charge >= 0.3 is 0 Å². The first kappa shape index (κ1) is 19.4. The van der Waals surface area contributed by atoms with Gasteiger partial charge in [-0.2, -0.15) is 0 Å². The number of hydrogen-bond donors (Lipinski definition) is 0. The van der Waals surface area contributed by atoms with E-state index in [1.54, 1.807) is 16.8 Å². The Balaban J connectivity index is 1.73. The molecule has 0 spiro atoms. The minimum atomic E-state index is -0.129. The number of pyridine rings is 1. The molecule has 1 atom stereocenters. The molecule has 0 N–H and O–H groups in total. The third-order valence-electron chi connectivity index (χ3n) is 5.19. The third kappa shape index (κ3) is 4.47. The molecule has 2 aromatic heterocycles. The van der Waals surface area contributed by atoms with Crippen LogP contribution in [0.4, 0.5) is 0 Å². The fourth-order valence-electron chi connectivity index (χ4n) is 3.63. The van der Waals surface area contributed by atoms with E-state index in [1.807, 2.05) is 24.2 Å². The second kappa shape index (κ2) is 8.52. The Labute approximate surface area is 160 Å². The molecule has 2 aromatic rings. The van der Waals surface area contributed by atoms with Crippen LogP contribution in [0.3, 0.4) is 0 Å². The minimum Gasteiger partial charge on any atom is -0.338 e. The molecule has 1 fully saturated rings. The molecule has 1 aliphatic heterocycles. The highest BCUT2D eigenvalue weighted by Crippen LogP contribution is 2.26. The number of likely N-dealkylation sites (N-methyl/N-ethyl adjacent to an activating group) is 1. The maximum absolute atomic E-state index is 12.9. The van der Waals surface area contributed by atoms with Gasteiger partial charge in [-0.3, -0.25) is 9.59 Å². The maximum Gasteiger partial charge on any atom is 0.254 e. The Kier molecular flexibility index (Phi) is 6.11. The topological polar surface area (TPSA) is 63.4 Å². The van der Waals surface area contributed by atoms with Crippen molar-refractivity contribution < 1.29 is 4.79 Å². The zero-order valence-electron chi connectivity index (χ0n) is 16.5. The first-order chi connectivity index (χ1) is 13.0.